The minimum absolute atomic E-state index is 0.209. The van der Waals surface area contributed by atoms with Crippen LogP contribution in [-0.4, -0.2) is 11.8 Å². The monoisotopic (exact) mass is 388 g/mol. The average Bonchev–Trinajstić information content (AvgIpc) is 2.62. The van der Waals surface area contributed by atoms with E-state index < -0.39 is 5.41 Å². The zero-order valence-electron chi connectivity index (χ0n) is 13.8. The second-order valence-electron chi connectivity index (χ2n) is 5.54. The highest BCUT2D eigenvalue weighted by Crippen LogP contribution is 2.31. The summed E-state index contributed by atoms with van der Waals surface area (Å²) in [4.78, 5) is 25.1. The van der Waals surface area contributed by atoms with Gasteiger partial charge in [0.1, 0.15) is 0 Å². The molecular formula is C19H21BrN2O2. The summed E-state index contributed by atoms with van der Waals surface area (Å²) < 4.78 is 0.678. The Morgan fingerprint density at radius 1 is 0.917 bits per heavy atom. The predicted octanol–water partition coefficient (Wildman–Crippen LogP) is 3.97. The summed E-state index contributed by atoms with van der Waals surface area (Å²) in [6.45, 7) is 3.96. The number of hydrogen-bond donors (Lipinski definition) is 2. The topological polar surface area (TPSA) is 58.2 Å². The molecule has 5 heteroatoms. The number of hydrogen-bond acceptors (Lipinski definition) is 2. The third-order valence-electron chi connectivity index (χ3n) is 4.38. The van der Waals surface area contributed by atoms with Gasteiger partial charge in [-0.1, -0.05) is 56.3 Å². The lowest BCUT2D eigenvalue weighted by Gasteiger charge is -2.30. The number of amides is 2. The van der Waals surface area contributed by atoms with Gasteiger partial charge >= 0.3 is 0 Å². The van der Waals surface area contributed by atoms with Crippen LogP contribution in [0.4, 0.5) is 0 Å². The summed E-state index contributed by atoms with van der Waals surface area (Å²) in [6, 6.07) is 16.7. The van der Waals surface area contributed by atoms with Gasteiger partial charge in [-0.25, -0.2) is 0 Å². The molecule has 4 nitrogen and oxygen atoms in total. The molecule has 0 radical (unpaired) electrons. The maximum atomic E-state index is 12.8. The fourth-order valence-electron chi connectivity index (χ4n) is 2.81. The van der Waals surface area contributed by atoms with Gasteiger partial charge in [0.25, 0.3) is 5.91 Å². The summed E-state index contributed by atoms with van der Waals surface area (Å²) in [6.07, 6.45) is 1.29. The Morgan fingerprint density at radius 2 is 1.50 bits per heavy atom. The summed E-state index contributed by atoms with van der Waals surface area (Å²) >= 11 is 3.33. The first-order chi connectivity index (χ1) is 11.5. The molecule has 0 aliphatic rings. The highest BCUT2D eigenvalue weighted by Gasteiger charge is 2.36. The first-order valence-corrected chi connectivity index (χ1v) is 8.75. The van der Waals surface area contributed by atoms with Gasteiger partial charge < -0.3 is 0 Å². The van der Waals surface area contributed by atoms with Crippen LogP contribution in [0.2, 0.25) is 0 Å². The standard InChI is InChI=1S/C19H21BrN2O2/c1-3-19(4-2,14-10-6-5-7-11-14)18(24)22-21-17(23)15-12-8-9-13-16(15)20/h5-13H,3-4H2,1-2H3,(H,21,23)(H,22,24). The van der Waals surface area contributed by atoms with Gasteiger partial charge in [-0.2, -0.15) is 0 Å². The molecule has 0 spiro atoms. The van der Waals surface area contributed by atoms with E-state index in [9.17, 15) is 9.59 Å². The van der Waals surface area contributed by atoms with Crippen molar-refractivity contribution in [1.82, 2.24) is 10.9 Å². The van der Waals surface area contributed by atoms with Crippen LogP contribution in [0.5, 0.6) is 0 Å². The van der Waals surface area contributed by atoms with Crippen LogP contribution < -0.4 is 10.9 Å². The van der Waals surface area contributed by atoms with Crippen molar-refractivity contribution in [2.24, 2.45) is 0 Å². The Labute approximate surface area is 150 Å². The smallest absolute Gasteiger partial charge is 0.270 e. The van der Waals surface area contributed by atoms with E-state index in [1.807, 2.05) is 50.2 Å². The Hall–Kier alpha value is -2.14. The van der Waals surface area contributed by atoms with Crippen molar-refractivity contribution in [2.45, 2.75) is 32.1 Å². The maximum absolute atomic E-state index is 12.8. The van der Waals surface area contributed by atoms with Crippen LogP contribution in [0.3, 0.4) is 0 Å². The van der Waals surface area contributed by atoms with Gasteiger partial charge in [-0.15, -0.1) is 0 Å². The Morgan fingerprint density at radius 3 is 2.08 bits per heavy atom. The van der Waals surface area contributed by atoms with Gasteiger partial charge in [-0.3, -0.25) is 20.4 Å². The molecule has 0 fully saturated rings. The lowest BCUT2D eigenvalue weighted by atomic mass is 9.75. The molecule has 2 N–H and O–H groups in total. The van der Waals surface area contributed by atoms with E-state index in [1.165, 1.54) is 0 Å². The SMILES string of the molecule is CCC(CC)(C(=O)NNC(=O)c1ccccc1Br)c1ccccc1. The van der Waals surface area contributed by atoms with E-state index in [0.29, 0.717) is 22.9 Å². The molecular weight excluding hydrogens is 368 g/mol. The van der Waals surface area contributed by atoms with Crippen LogP contribution >= 0.6 is 15.9 Å². The van der Waals surface area contributed by atoms with Crippen molar-refractivity contribution >= 4 is 27.7 Å². The van der Waals surface area contributed by atoms with Crippen molar-refractivity contribution in [3.05, 3.63) is 70.2 Å². The summed E-state index contributed by atoms with van der Waals surface area (Å²) in [5.74, 6) is -0.566. The third kappa shape index (κ3) is 3.67. The van der Waals surface area contributed by atoms with E-state index in [4.69, 9.17) is 0 Å². The zero-order valence-corrected chi connectivity index (χ0v) is 15.4. The fraction of sp³-hybridized carbons (Fsp3) is 0.263. The molecule has 2 aromatic carbocycles. The summed E-state index contributed by atoms with van der Waals surface area (Å²) in [5.41, 5.74) is 5.86. The Bertz CT molecular complexity index is 712. The number of halogens is 1. The molecule has 0 aromatic heterocycles. The first-order valence-electron chi connectivity index (χ1n) is 7.96. The molecule has 0 saturated carbocycles. The molecule has 0 saturated heterocycles. The molecule has 2 rings (SSSR count). The van der Waals surface area contributed by atoms with E-state index in [1.54, 1.807) is 18.2 Å². The second-order valence-corrected chi connectivity index (χ2v) is 6.40. The van der Waals surface area contributed by atoms with Crippen LogP contribution in [-0.2, 0) is 10.2 Å². The maximum Gasteiger partial charge on any atom is 0.270 e. The molecule has 0 atom stereocenters. The number of benzene rings is 2. The molecule has 0 heterocycles. The largest absolute Gasteiger partial charge is 0.272 e. The molecule has 24 heavy (non-hydrogen) atoms. The number of hydrazine groups is 1. The second kappa shape index (κ2) is 8.11. The van der Waals surface area contributed by atoms with Gasteiger partial charge in [0.15, 0.2) is 0 Å². The van der Waals surface area contributed by atoms with Crippen molar-refractivity contribution in [3.63, 3.8) is 0 Å². The van der Waals surface area contributed by atoms with Crippen LogP contribution in [0.1, 0.15) is 42.6 Å². The fourth-order valence-corrected chi connectivity index (χ4v) is 3.28. The van der Waals surface area contributed by atoms with E-state index >= 15 is 0 Å². The normalized spacial score (nSPS) is 11.0. The number of rotatable bonds is 5. The van der Waals surface area contributed by atoms with Crippen molar-refractivity contribution in [2.75, 3.05) is 0 Å². The first kappa shape index (κ1) is 18.2. The van der Waals surface area contributed by atoms with E-state index in [0.717, 1.165) is 5.56 Å². The third-order valence-corrected chi connectivity index (χ3v) is 5.07. The Balaban J connectivity index is 2.15. The van der Waals surface area contributed by atoms with E-state index in [-0.39, 0.29) is 11.8 Å². The molecule has 2 aromatic rings. The van der Waals surface area contributed by atoms with Crippen molar-refractivity contribution < 1.29 is 9.59 Å². The van der Waals surface area contributed by atoms with Crippen molar-refractivity contribution in [3.8, 4) is 0 Å². The van der Waals surface area contributed by atoms with Crippen molar-refractivity contribution in [1.29, 1.82) is 0 Å². The molecule has 126 valence electrons. The van der Waals surface area contributed by atoms with Crippen LogP contribution in [0.15, 0.2) is 59.1 Å². The summed E-state index contributed by atoms with van der Waals surface area (Å²) in [7, 11) is 0. The molecule has 2 amide bonds. The quantitative estimate of drug-likeness (QED) is 0.761. The average molecular weight is 389 g/mol. The molecule has 0 unspecified atom stereocenters. The number of carbonyl (C=O) groups is 2. The van der Waals surface area contributed by atoms with Crippen LogP contribution in [0, 0.1) is 0 Å². The molecule has 0 aliphatic heterocycles. The highest BCUT2D eigenvalue weighted by atomic mass is 79.9. The zero-order chi connectivity index (χ0) is 17.6. The van der Waals surface area contributed by atoms with Gasteiger partial charge in [-0.05, 0) is 46.5 Å². The van der Waals surface area contributed by atoms with E-state index in [2.05, 4.69) is 26.8 Å². The minimum atomic E-state index is -0.664. The lowest BCUT2D eigenvalue weighted by Crippen LogP contribution is -2.51. The Kier molecular flexibility index (Phi) is 6.15. The molecule has 0 bridgehead atoms. The van der Waals surface area contributed by atoms with Crippen LogP contribution in [0.25, 0.3) is 0 Å². The summed E-state index contributed by atoms with van der Waals surface area (Å²) in [5, 5.41) is 0. The molecule has 0 aliphatic carbocycles. The predicted molar refractivity (Wildman–Crippen MR) is 98.5 cm³/mol. The van der Waals surface area contributed by atoms with Gasteiger partial charge in [0.2, 0.25) is 5.91 Å². The number of nitrogens with one attached hydrogen (secondary N) is 2. The lowest BCUT2D eigenvalue weighted by molar-refractivity contribution is -0.128. The minimum Gasteiger partial charge on any atom is -0.272 e. The number of carbonyl (C=O) groups excluding carboxylic acids is 2. The highest BCUT2D eigenvalue weighted by molar-refractivity contribution is 9.10. The van der Waals surface area contributed by atoms with Gasteiger partial charge in [0.05, 0.1) is 11.0 Å². The van der Waals surface area contributed by atoms with Gasteiger partial charge in [0, 0.05) is 4.47 Å².